The Morgan fingerprint density at radius 2 is 1.66 bits per heavy atom. The number of aromatic nitrogens is 2. The molecule has 0 atom stereocenters. The van der Waals surface area contributed by atoms with Gasteiger partial charge in [-0.2, -0.15) is 4.02 Å². The number of rotatable bonds is 8. The first-order valence-corrected chi connectivity index (χ1v) is 12.0. The van der Waals surface area contributed by atoms with Crippen LogP contribution in [0.2, 0.25) is 0 Å². The zero-order valence-electron chi connectivity index (χ0n) is 20.5. The summed E-state index contributed by atoms with van der Waals surface area (Å²) in [5, 5.41) is 20.2. The normalized spacial score (nSPS) is 13.1. The highest BCUT2D eigenvalue weighted by Crippen LogP contribution is 2.39. The van der Waals surface area contributed by atoms with Crippen LogP contribution in [0.3, 0.4) is 0 Å². The molecule has 0 amide bonds. The summed E-state index contributed by atoms with van der Waals surface area (Å²) in [6.45, 7) is 15.2. The van der Waals surface area contributed by atoms with Crippen molar-refractivity contribution < 1.29 is 15.0 Å². The van der Waals surface area contributed by atoms with Gasteiger partial charge in [0.2, 0.25) is 5.62 Å². The molecule has 0 aliphatic carbocycles. The summed E-state index contributed by atoms with van der Waals surface area (Å²) in [4.78, 5) is 13.4. The first-order chi connectivity index (χ1) is 14.8. The van der Waals surface area contributed by atoms with Gasteiger partial charge in [0.1, 0.15) is 5.75 Å². The predicted octanol–water partition coefficient (Wildman–Crippen LogP) is 5.02. The highest BCUT2D eigenvalue weighted by molar-refractivity contribution is 9.08. The Hall–Kier alpha value is -1.86. The SMILES string of the molecule is CCCc1cn(CC(=O)c2cc(C(C)(C)C)c(O)c(C(C)(C)C)c2)c(=NBr)n1CCCO. The van der Waals surface area contributed by atoms with E-state index in [1.165, 1.54) is 0 Å². The number of nitrogens with zero attached hydrogens (tertiary/aromatic N) is 3. The van der Waals surface area contributed by atoms with Gasteiger partial charge in [-0.3, -0.25) is 4.79 Å². The van der Waals surface area contributed by atoms with E-state index < -0.39 is 0 Å². The van der Waals surface area contributed by atoms with Gasteiger partial charge in [0.25, 0.3) is 0 Å². The number of benzene rings is 1. The number of hydrogen-bond donors (Lipinski definition) is 2. The molecule has 0 aliphatic heterocycles. The third-order valence-electron chi connectivity index (χ3n) is 5.63. The molecule has 1 aromatic carbocycles. The number of Topliss-reactive ketones (excluding diaryl/α,β-unsaturated/α-hetero) is 1. The number of aryl methyl sites for hydroxylation is 1. The summed E-state index contributed by atoms with van der Waals surface area (Å²) in [6, 6.07) is 3.66. The van der Waals surface area contributed by atoms with Crippen molar-refractivity contribution in [1.82, 2.24) is 9.13 Å². The van der Waals surface area contributed by atoms with E-state index in [1.807, 2.05) is 64.4 Å². The zero-order valence-corrected chi connectivity index (χ0v) is 22.1. The number of aromatic hydroxyl groups is 1. The number of aliphatic hydroxyl groups excluding tert-OH is 1. The third-order valence-corrected chi connectivity index (χ3v) is 5.95. The minimum absolute atomic E-state index is 0.0363. The van der Waals surface area contributed by atoms with Crippen LogP contribution in [-0.2, 0) is 30.3 Å². The molecule has 6 nitrogen and oxygen atoms in total. The molecule has 2 aromatic rings. The number of ketones is 1. The Bertz CT molecular complexity index is 986. The lowest BCUT2D eigenvalue weighted by atomic mass is 9.78. The molecule has 0 saturated carbocycles. The van der Waals surface area contributed by atoms with Crippen LogP contribution in [0.5, 0.6) is 5.75 Å². The molecule has 1 heterocycles. The molecule has 7 heteroatoms. The summed E-state index contributed by atoms with van der Waals surface area (Å²) in [6.07, 6.45) is 4.44. The van der Waals surface area contributed by atoms with Crippen molar-refractivity contribution in [2.45, 2.75) is 91.6 Å². The fourth-order valence-electron chi connectivity index (χ4n) is 3.91. The van der Waals surface area contributed by atoms with E-state index in [0.29, 0.717) is 24.1 Å². The van der Waals surface area contributed by atoms with Gasteiger partial charge in [-0.1, -0.05) is 54.9 Å². The molecule has 0 radical (unpaired) electrons. The van der Waals surface area contributed by atoms with Crippen molar-refractivity contribution in [3.05, 3.63) is 46.3 Å². The maximum absolute atomic E-state index is 13.4. The summed E-state index contributed by atoms with van der Waals surface area (Å²) in [5.74, 6) is 0.233. The molecule has 0 saturated heterocycles. The molecule has 2 rings (SSSR count). The highest BCUT2D eigenvalue weighted by atomic mass is 79.9. The van der Waals surface area contributed by atoms with Crippen molar-refractivity contribution in [2.75, 3.05) is 6.61 Å². The number of phenols is 1. The summed E-state index contributed by atoms with van der Waals surface area (Å²) in [7, 11) is 0. The van der Waals surface area contributed by atoms with E-state index in [4.69, 9.17) is 0 Å². The van der Waals surface area contributed by atoms with Gasteiger partial charge >= 0.3 is 0 Å². The van der Waals surface area contributed by atoms with Gasteiger partial charge in [0.15, 0.2) is 5.78 Å². The number of halogens is 1. The summed E-state index contributed by atoms with van der Waals surface area (Å²) >= 11 is 3.22. The maximum Gasteiger partial charge on any atom is 0.217 e. The molecule has 178 valence electrons. The second-order valence-corrected chi connectivity index (χ2v) is 10.8. The minimum atomic E-state index is -0.300. The van der Waals surface area contributed by atoms with Gasteiger partial charge in [-0.25, -0.2) is 0 Å². The van der Waals surface area contributed by atoms with Crippen LogP contribution in [0.4, 0.5) is 0 Å². The lowest BCUT2D eigenvalue weighted by molar-refractivity contribution is 0.0970. The summed E-state index contributed by atoms with van der Waals surface area (Å²) in [5.41, 5.74) is 3.28. The van der Waals surface area contributed by atoms with Gasteiger partial charge in [0, 0.05) is 41.7 Å². The third kappa shape index (κ3) is 5.93. The number of hydrogen-bond acceptors (Lipinski definition) is 4. The summed E-state index contributed by atoms with van der Waals surface area (Å²) < 4.78 is 8.18. The molecular weight excluding hydrogens is 470 g/mol. The largest absolute Gasteiger partial charge is 0.507 e. The molecule has 0 fully saturated rings. The Kier molecular flexibility index (Phi) is 8.56. The van der Waals surface area contributed by atoms with Crippen molar-refractivity contribution in [3.63, 3.8) is 0 Å². The van der Waals surface area contributed by atoms with E-state index in [-0.39, 0.29) is 35.5 Å². The van der Waals surface area contributed by atoms with Crippen molar-refractivity contribution in [3.8, 4) is 5.75 Å². The molecule has 32 heavy (non-hydrogen) atoms. The quantitative estimate of drug-likeness (QED) is 0.492. The fourth-order valence-corrected chi connectivity index (χ4v) is 4.31. The monoisotopic (exact) mass is 507 g/mol. The second-order valence-electron chi connectivity index (χ2n) is 10.5. The lowest BCUT2D eigenvalue weighted by Crippen LogP contribution is -2.29. The highest BCUT2D eigenvalue weighted by Gasteiger charge is 2.28. The van der Waals surface area contributed by atoms with Gasteiger partial charge in [-0.05, 0) is 35.8 Å². The fraction of sp³-hybridized carbons (Fsp3) is 0.600. The molecule has 0 unspecified atom stereocenters. The lowest BCUT2D eigenvalue weighted by Gasteiger charge is -2.28. The number of carbonyl (C=O) groups is 1. The van der Waals surface area contributed by atoms with Crippen molar-refractivity contribution >= 4 is 21.9 Å². The molecule has 1 aromatic heterocycles. The first kappa shape index (κ1) is 26.4. The Morgan fingerprint density at radius 1 is 1.09 bits per heavy atom. The van der Waals surface area contributed by atoms with Crippen LogP contribution in [0, 0.1) is 0 Å². The van der Waals surface area contributed by atoms with E-state index in [1.54, 1.807) is 0 Å². The second kappa shape index (κ2) is 10.4. The van der Waals surface area contributed by atoms with Crippen LogP contribution >= 0.6 is 16.1 Å². The average Bonchev–Trinajstić information content (AvgIpc) is 3.00. The Balaban J connectivity index is 2.56. The van der Waals surface area contributed by atoms with Gasteiger partial charge in [-0.15, -0.1) is 0 Å². The number of aliphatic hydroxyl groups is 1. The van der Waals surface area contributed by atoms with Crippen LogP contribution in [0.1, 0.15) is 88.5 Å². The van der Waals surface area contributed by atoms with E-state index in [2.05, 4.69) is 31.7 Å². The van der Waals surface area contributed by atoms with E-state index >= 15 is 0 Å². The molecule has 0 spiro atoms. The average molecular weight is 509 g/mol. The molecule has 2 N–H and O–H groups in total. The molecular formula is C25H38BrN3O3. The topological polar surface area (TPSA) is 79.8 Å². The van der Waals surface area contributed by atoms with E-state index in [0.717, 1.165) is 29.7 Å². The Labute approximate surface area is 200 Å². The number of carbonyl (C=O) groups excluding carboxylic acids is 1. The molecule has 0 aliphatic rings. The smallest absolute Gasteiger partial charge is 0.217 e. The standard InChI is InChI=1S/C25H38BrN3O3/c1-8-10-18-15-28(23(27-26)29(18)11-9-12-30)16-21(31)17-13-19(24(2,3)4)22(32)20(14-17)25(5,6)7/h13-15,30,32H,8-12,16H2,1-7H3. The maximum atomic E-state index is 13.4. The minimum Gasteiger partial charge on any atom is -0.507 e. The van der Waals surface area contributed by atoms with Crippen LogP contribution in [-0.4, -0.2) is 31.7 Å². The van der Waals surface area contributed by atoms with Crippen molar-refractivity contribution in [1.29, 1.82) is 0 Å². The first-order valence-electron chi connectivity index (χ1n) is 11.3. The Morgan fingerprint density at radius 3 is 2.09 bits per heavy atom. The zero-order chi connectivity index (χ0) is 24.3. The predicted molar refractivity (Wildman–Crippen MR) is 132 cm³/mol. The molecule has 0 bridgehead atoms. The number of phenolic OH excluding ortho intramolecular Hbond substituents is 1. The van der Waals surface area contributed by atoms with Gasteiger partial charge in [0.05, 0.1) is 22.7 Å². The van der Waals surface area contributed by atoms with E-state index in [9.17, 15) is 15.0 Å². The number of imidazole rings is 1. The van der Waals surface area contributed by atoms with Crippen molar-refractivity contribution in [2.24, 2.45) is 4.02 Å². The van der Waals surface area contributed by atoms with Crippen LogP contribution in [0.15, 0.2) is 22.3 Å². The van der Waals surface area contributed by atoms with Crippen LogP contribution < -0.4 is 5.62 Å². The van der Waals surface area contributed by atoms with Gasteiger partial charge < -0.3 is 19.3 Å². The van der Waals surface area contributed by atoms with Crippen LogP contribution in [0.25, 0.3) is 0 Å².